The van der Waals surface area contributed by atoms with Crippen molar-refractivity contribution in [3.63, 3.8) is 0 Å². The molecule has 0 saturated heterocycles. The van der Waals surface area contributed by atoms with Gasteiger partial charge in [-0.3, -0.25) is 9.59 Å². The Morgan fingerprint density at radius 1 is 0.923 bits per heavy atom. The van der Waals surface area contributed by atoms with Gasteiger partial charge in [0.25, 0.3) is 5.91 Å². The lowest BCUT2D eigenvalue weighted by Crippen LogP contribution is -2.42. The van der Waals surface area contributed by atoms with Crippen LogP contribution in [0, 0.1) is 6.92 Å². The van der Waals surface area contributed by atoms with Gasteiger partial charge in [0.1, 0.15) is 11.9 Å². The topological polar surface area (TPSA) is 70.7 Å². The first-order valence-electron chi connectivity index (χ1n) is 13.2. The summed E-state index contributed by atoms with van der Waals surface area (Å²) in [5.41, 5.74) is 7.82. The summed E-state index contributed by atoms with van der Waals surface area (Å²) >= 11 is 0. The number of rotatable bonds is 8. The summed E-state index contributed by atoms with van der Waals surface area (Å²) in [6, 6.07) is 30.0. The molecule has 0 saturated carbocycles. The Kier molecular flexibility index (Phi) is 7.64. The van der Waals surface area contributed by atoms with Gasteiger partial charge in [-0.15, -0.1) is 0 Å². The summed E-state index contributed by atoms with van der Waals surface area (Å²) in [5.74, 6) is 0.744. The second kappa shape index (κ2) is 11.4. The largest absolute Gasteiger partial charge is 0.496 e. The highest BCUT2D eigenvalue weighted by atomic mass is 16.5. The molecule has 4 aromatic rings. The van der Waals surface area contributed by atoms with Crippen molar-refractivity contribution in [3.05, 3.63) is 124 Å². The van der Waals surface area contributed by atoms with E-state index in [1.165, 1.54) is 6.92 Å². The minimum atomic E-state index is -0.325. The fourth-order valence-corrected chi connectivity index (χ4v) is 5.09. The maximum atomic E-state index is 13.8. The molecule has 1 aliphatic rings. The second-order valence-electron chi connectivity index (χ2n) is 9.90. The minimum Gasteiger partial charge on any atom is -0.496 e. The first-order valence-corrected chi connectivity index (χ1v) is 13.2. The molecule has 2 amide bonds. The molecule has 1 heterocycles. The van der Waals surface area contributed by atoms with Gasteiger partial charge >= 0.3 is 0 Å². The third kappa shape index (κ3) is 5.80. The number of carbonyl (C=O) groups is 2. The van der Waals surface area contributed by atoms with Crippen molar-refractivity contribution < 1.29 is 14.3 Å². The molecule has 39 heavy (non-hydrogen) atoms. The molecule has 0 spiro atoms. The van der Waals surface area contributed by atoms with Crippen LogP contribution in [0.3, 0.4) is 0 Å². The van der Waals surface area contributed by atoms with Gasteiger partial charge in [-0.05, 0) is 84.0 Å². The lowest BCUT2D eigenvalue weighted by molar-refractivity contribution is -0.114. The zero-order valence-corrected chi connectivity index (χ0v) is 22.5. The highest BCUT2D eigenvalue weighted by molar-refractivity contribution is 6.01. The Morgan fingerprint density at radius 3 is 2.41 bits per heavy atom. The Labute approximate surface area is 229 Å². The van der Waals surface area contributed by atoms with Crippen molar-refractivity contribution in [1.29, 1.82) is 0 Å². The number of benzene rings is 4. The summed E-state index contributed by atoms with van der Waals surface area (Å²) in [4.78, 5) is 27.0. The Hall–Kier alpha value is -4.58. The molecule has 1 aliphatic heterocycles. The van der Waals surface area contributed by atoms with Crippen LogP contribution in [-0.2, 0) is 24.2 Å². The molecule has 1 unspecified atom stereocenters. The first-order chi connectivity index (χ1) is 18.9. The smallest absolute Gasteiger partial charge is 0.258 e. The van der Waals surface area contributed by atoms with Gasteiger partial charge in [-0.2, -0.15) is 0 Å². The number of methoxy groups -OCH3 is 1. The van der Waals surface area contributed by atoms with Crippen LogP contribution in [0.5, 0.6) is 5.75 Å². The van der Waals surface area contributed by atoms with Gasteiger partial charge in [-0.25, -0.2) is 0 Å². The van der Waals surface area contributed by atoms with Gasteiger partial charge < -0.3 is 20.3 Å². The summed E-state index contributed by atoms with van der Waals surface area (Å²) < 4.78 is 5.71. The number of amides is 2. The molecule has 0 bridgehead atoms. The average Bonchev–Trinajstić information content (AvgIpc) is 2.94. The average molecular weight is 520 g/mol. The molecule has 5 rings (SSSR count). The van der Waals surface area contributed by atoms with Crippen LogP contribution < -0.4 is 15.4 Å². The number of carbonyl (C=O) groups excluding carboxylic acids is 2. The molecule has 6 heteroatoms. The van der Waals surface area contributed by atoms with E-state index in [0.29, 0.717) is 12.1 Å². The molecule has 1 atom stereocenters. The lowest BCUT2D eigenvalue weighted by Gasteiger charge is -2.38. The zero-order valence-electron chi connectivity index (χ0n) is 22.5. The molecule has 0 fully saturated rings. The quantitative estimate of drug-likeness (QED) is 0.278. The number of hydrogen-bond acceptors (Lipinski definition) is 4. The molecule has 0 aliphatic carbocycles. The molecule has 6 nitrogen and oxygen atoms in total. The van der Waals surface area contributed by atoms with E-state index in [-0.39, 0.29) is 18.0 Å². The number of hydrogen-bond donors (Lipinski definition) is 2. The molecular weight excluding hydrogens is 486 g/mol. The fourth-order valence-electron chi connectivity index (χ4n) is 5.09. The lowest BCUT2D eigenvalue weighted by atomic mass is 9.97. The van der Waals surface area contributed by atoms with Crippen molar-refractivity contribution in [2.75, 3.05) is 17.7 Å². The van der Waals surface area contributed by atoms with E-state index in [9.17, 15) is 9.59 Å². The Morgan fingerprint density at radius 2 is 1.67 bits per heavy atom. The zero-order chi connectivity index (χ0) is 27.4. The van der Waals surface area contributed by atoms with E-state index in [4.69, 9.17) is 4.74 Å². The van der Waals surface area contributed by atoms with Gasteiger partial charge in [0, 0.05) is 24.8 Å². The third-order valence-corrected chi connectivity index (χ3v) is 7.20. The van der Waals surface area contributed by atoms with Crippen LogP contribution >= 0.6 is 0 Å². The highest BCUT2D eigenvalue weighted by Gasteiger charge is 2.33. The molecule has 0 aromatic heterocycles. The summed E-state index contributed by atoms with van der Waals surface area (Å²) in [6.45, 7) is 4.08. The number of aryl methyl sites for hydroxylation is 3. The number of para-hydroxylation sites is 1. The predicted molar refractivity (Wildman–Crippen MR) is 155 cm³/mol. The highest BCUT2D eigenvalue weighted by Crippen LogP contribution is 2.36. The standard InChI is InChI=1S/C33H33N3O3/c1-22-8-4-5-9-27(22)21-36-32(35-30-11-7-6-10-29(30)33(36)38)26-16-19-31(39-3)25(20-26)15-12-24-13-17-28(18-14-24)34-23(2)37/h4-11,13-14,16-20,32,35H,12,15,21H2,1-3H3,(H,34,37). The van der Waals surface area contributed by atoms with Gasteiger partial charge in [0.15, 0.2) is 0 Å². The number of anilines is 2. The van der Waals surface area contributed by atoms with Crippen LogP contribution in [0.2, 0.25) is 0 Å². The fraction of sp³-hybridized carbons (Fsp3) is 0.212. The van der Waals surface area contributed by atoms with Crippen molar-refractivity contribution in [1.82, 2.24) is 4.90 Å². The monoisotopic (exact) mass is 519 g/mol. The van der Waals surface area contributed by atoms with Crippen LogP contribution in [0.15, 0.2) is 91.0 Å². The van der Waals surface area contributed by atoms with Crippen molar-refractivity contribution >= 4 is 23.2 Å². The number of ether oxygens (including phenoxy) is 1. The van der Waals surface area contributed by atoms with E-state index < -0.39 is 0 Å². The van der Waals surface area contributed by atoms with E-state index in [0.717, 1.165) is 57.8 Å². The molecule has 2 N–H and O–H groups in total. The molecule has 4 aromatic carbocycles. The third-order valence-electron chi connectivity index (χ3n) is 7.20. The van der Waals surface area contributed by atoms with Gasteiger partial charge in [0.05, 0.1) is 12.7 Å². The van der Waals surface area contributed by atoms with E-state index in [2.05, 4.69) is 35.8 Å². The summed E-state index contributed by atoms with van der Waals surface area (Å²) in [6.07, 6.45) is 1.26. The van der Waals surface area contributed by atoms with E-state index >= 15 is 0 Å². The van der Waals surface area contributed by atoms with E-state index in [1.54, 1.807) is 7.11 Å². The van der Waals surface area contributed by atoms with Crippen LogP contribution in [0.25, 0.3) is 0 Å². The first kappa shape index (κ1) is 26.0. The van der Waals surface area contributed by atoms with E-state index in [1.807, 2.05) is 77.7 Å². The SMILES string of the molecule is COc1ccc(C2Nc3ccccc3C(=O)N2Cc2ccccc2C)cc1CCc1ccc(NC(C)=O)cc1. The Bertz CT molecular complexity index is 1500. The van der Waals surface area contributed by atoms with Crippen LogP contribution in [0.4, 0.5) is 11.4 Å². The molecule has 198 valence electrons. The Balaban J connectivity index is 1.44. The number of nitrogens with zero attached hydrogens (tertiary/aromatic N) is 1. The van der Waals surface area contributed by atoms with Crippen molar-refractivity contribution in [3.8, 4) is 5.75 Å². The normalized spacial score (nSPS) is 14.4. The predicted octanol–water partition coefficient (Wildman–Crippen LogP) is 6.51. The number of fused-ring (bicyclic) bond motifs is 1. The minimum absolute atomic E-state index is 0.00855. The van der Waals surface area contributed by atoms with Crippen LogP contribution in [-0.4, -0.2) is 23.8 Å². The second-order valence-corrected chi connectivity index (χ2v) is 9.90. The maximum Gasteiger partial charge on any atom is 0.258 e. The molecule has 0 radical (unpaired) electrons. The van der Waals surface area contributed by atoms with Crippen molar-refractivity contribution in [2.24, 2.45) is 0 Å². The molecular formula is C33H33N3O3. The van der Waals surface area contributed by atoms with Gasteiger partial charge in [-0.1, -0.05) is 54.6 Å². The van der Waals surface area contributed by atoms with Gasteiger partial charge in [0.2, 0.25) is 5.91 Å². The number of nitrogens with one attached hydrogen (secondary N) is 2. The summed E-state index contributed by atoms with van der Waals surface area (Å²) in [7, 11) is 1.68. The van der Waals surface area contributed by atoms with Crippen LogP contribution in [0.1, 0.15) is 51.3 Å². The maximum absolute atomic E-state index is 13.8. The summed E-state index contributed by atoms with van der Waals surface area (Å²) in [5, 5.41) is 6.43. The van der Waals surface area contributed by atoms with Crippen molar-refractivity contribution in [2.45, 2.75) is 39.4 Å².